The van der Waals surface area contributed by atoms with Crippen molar-refractivity contribution >= 4 is 39.4 Å². The Morgan fingerprint density at radius 1 is 1.15 bits per heavy atom. The van der Waals surface area contributed by atoms with E-state index >= 15 is 0 Å². The normalized spacial score (nSPS) is 10.9. The van der Waals surface area contributed by atoms with E-state index in [1.807, 2.05) is 38.2 Å². The molecule has 3 rings (SSSR count). The summed E-state index contributed by atoms with van der Waals surface area (Å²) in [7, 11) is 1.85. The summed E-state index contributed by atoms with van der Waals surface area (Å²) in [5.41, 5.74) is 5.25. The maximum atomic E-state index is 12.6. The quantitative estimate of drug-likeness (QED) is 0.529. The lowest BCUT2D eigenvalue weighted by Crippen LogP contribution is -2.17. The lowest BCUT2D eigenvalue weighted by molar-refractivity contribution is -0.113. The molecule has 1 heterocycles. The number of nitrogens with one attached hydrogen (secondary N) is 1. The molecule has 0 spiro atoms. The predicted octanol–water partition coefficient (Wildman–Crippen LogP) is 5.51. The molecule has 0 saturated carbocycles. The first-order valence-corrected chi connectivity index (χ1v) is 10.4. The summed E-state index contributed by atoms with van der Waals surface area (Å²) in [5.74, 6) is 1.04. The van der Waals surface area contributed by atoms with Gasteiger partial charge in [-0.1, -0.05) is 45.8 Å². The van der Waals surface area contributed by atoms with Crippen molar-refractivity contribution in [1.29, 1.82) is 0 Å². The van der Waals surface area contributed by atoms with Gasteiger partial charge in [0.15, 0.2) is 0 Å². The van der Waals surface area contributed by atoms with E-state index in [-0.39, 0.29) is 5.91 Å². The number of halogens is 1. The highest BCUT2D eigenvalue weighted by Gasteiger charge is 2.17. The molecule has 4 nitrogen and oxygen atoms in total. The summed E-state index contributed by atoms with van der Waals surface area (Å²) in [6, 6.07) is 14.3. The van der Waals surface area contributed by atoms with Crippen molar-refractivity contribution in [2.45, 2.75) is 25.7 Å². The minimum Gasteiger partial charge on any atom is -0.310 e. The number of anilines is 1. The molecule has 1 N–H and O–H groups in total. The number of nitrogens with zero attached hydrogens (tertiary/aromatic N) is 2. The topological polar surface area (TPSA) is 46.9 Å². The molecular weight excluding hydrogens is 422 g/mol. The van der Waals surface area contributed by atoms with E-state index in [4.69, 9.17) is 0 Å². The van der Waals surface area contributed by atoms with Gasteiger partial charge in [-0.25, -0.2) is 0 Å². The number of hydrogen-bond acceptors (Lipinski definition) is 3. The number of thioether (sulfide) groups is 1. The maximum Gasteiger partial charge on any atom is 0.235 e. The number of benzene rings is 2. The molecule has 6 heteroatoms. The first-order chi connectivity index (χ1) is 12.8. The summed E-state index contributed by atoms with van der Waals surface area (Å²) >= 11 is 5.02. The van der Waals surface area contributed by atoms with Gasteiger partial charge in [-0.3, -0.25) is 9.48 Å². The Balaban J connectivity index is 1.78. The average Bonchev–Trinajstić information content (AvgIpc) is 2.90. The van der Waals surface area contributed by atoms with Gasteiger partial charge in [0, 0.05) is 22.0 Å². The summed E-state index contributed by atoms with van der Waals surface area (Å²) in [4.78, 5) is 13.7. The largest absolute Gasteiger partial charge is 0.310 e. The van der Waals surface area contributed by atoms with Crippen molar-refractivity contribution in [3.8, 4) is 11.1 Å². The van der Waals surface area contributed by atoms with E-state index in [0.29, 0.717) is 5.75 Å². The van der Waals surface area contributed by atoms with Crippen LogP contribution in [0.1, 0.15) is 16.8 Å². The van der Waals surface area contributed by atoms with Crippen LogP contribution in [0.3, 0.4) is 0 Å². The molecule has 0 fully saturated rings. The fourth-order valence-electron chi connectivity index (χ4n) is 2.94. The summed E-state index contributed by atoms with van der Waals surface area (Å²) in [6.45, 7) is 6.08. The van der Waals surface area contributed by atoms with Gasteiger partial charge in [-0.2, -0.15) is 5.10 Å². The van der Waals surface area contributed by atoms with Gasteiger partial charge in [0.05, 0.1) is 11.4 Å². The Hall–Kier alpha value is -2.05. The standard InChI is InChI=1S/C21H22BrN3OS/c1-13-5-6-14(2)18(11-13)27-12-19(26)23-21-20(15(3)24-25(21)4)16-7-9-17(22)10-8-16/h5-11H,12H2,1-4H3,(H,23,26). The lowest BCUT2D eigenvalue weighted by atomic mass is 10.1. The SMILES string of the molecule is Cc1ccc(C)c(SCC(=O)Nc2c(-c3ccc(Br)cc3)c(C)nn2C)c1. The Kier molecular flexibility index (Phi) is 6.07. The number of amides is 1. The number of hydrogen-bond donors (Lipinski definition) is 1. The molecule has 27 heavy (non-hydrogen) atoms. The molecule has 1 aromatic heterocycles. The van der Waals surface area contributed by atoms with E-state index in [0.717, 1.165) is 32.0 Å². The molecule has 0 aliphatic carbocycles. The minimum absolute atomic E-state index is 0.0396. The van der Waals surface area contributed by atoms with Crippen molar-refractivity contribution in [1.82, 2.24) is 9.78 Å². The summed E-state index contributed by atoms with van der Waals surface area (Å²) < 4.78 is 2.75. The lowest BCUT2D eigenvalue weighted by Gasteiger charge is -2.10. The monoisotopic (exact) mass is 443 g/mol. The molecule has 0 aliphatic rings. The molecule has 0 bridgehead atoms. The fraction of sp³-hybridized carbons (Fsp3) is 0.238. The first-order valence-electron chi connectivity index (χ1n) is 8.64. The highest BCUT2D eigenvalue weighted by atomic mass is 79.9. The second kappa shape index (κ2) is 8.31. The molecule has 1 amide bonds. The van der Waals surface area contributed by atoms with E-state index in [1.165, 1.54) is 11.1 Å². The third-order valence-electron chi connectivity index (χ3n) is 4.32. The van der Waals surface area contributed by atoms with Crippen LogP contribution >= 0.6 is 27.7 Å². The van der Waals surface area contributed by atoms with E-state index in [2.05, 4.69) is 58.4 Å². The van der Waals surface area contributed by atoms with E-state index in [9.17, 15) is 4.79 Å². The highest BCUT2D eigenvalue weighted by molar-refractivity contribution is 9.10. The molecule has 0 aliphatic heterocycles. The fourth-order valence-corrected chi connectivity index (χ4v) is 4.13. The Labute approximate surface area is 172 Å². The van der Waals surface area contributed by atoms with Gasteiger partial charge in [0.25, 0.3) is 0 Å². The third kappa shape index (κ3) is 4.62. The number of rotatable bonds is 5. The van der Waals surface area contributed by atoms with Gasteiger partial charge in [0.2, 0.25) is 5.91 Å². The molecule has 0 atom stereocenters. The van der Waals surface area contributed by atoms with Crippen molar-refractivity contribution in [3.05, 3.63) is 63.8 Å². The van der Waals surface area contributed by atoms with Gasteiger partial charge in [-0.15, -0.1) is 11.8 Å². The van der Waals surface area contributed by atoms with Crippen LogP contribution in [0, 0.1) is 20.8 Å². The van der Waals surface area contributed by atoms with Crippen molar-refractivity contribution in [2.75, 3.05) is 11.1 Å². The van der Waals surface area contributed by atoms with Crippen molar-refractivity contribution in [3.63, 3.8) is 0 Å². The molecular formula is C21H22BrN3OS. The summed E-state index contributed by atoms with van der Waals surface area (Å²) in [6.07, 6.45) is 0. The zero-order valence-electron chi connectivity index (χ0n) is 15.8. The van der Waals surface area contributed by atoms with Crippen LogP contribution in [0.15, 0.2) is 51.8 Å². The van der Waals surface area contributed by atoms with Crippen LogP contribution in [0.2, 0.25) is 0 Å². The smallest absolute Gasteiger partial charge is 0.235 e. The molecule has 3 aromatic rings. The average molecular weight is 444 g/mol. The van der Waals surface area contributed by atoms with Gasteiger partial charge in [-0.05, 0) is 50.1 Å². The molecule has 0 unspecified atom stereocenters. The molecule has 0 radical (unpaired) electrons. The van der Waals surface area contributed by atoms with Crippen molar-refractivity contribution in [2.24, 2.45) is 7.05 Å². The molecule has 140 valence electrons. The Morgan fingerprint density at radius 3 is 2.56 bits per heavy atom. The summed E-state index contributed by atoms with van der Waals surface area (Å²) in [5, 5.41) is 7.54. The Bertz CT molecular complexity index is 980. The second-order valence-corrected chi connectivity index (χ2v) is 8.48. The van der Waals surface area contributed by atoms with Gasteiger partial charge < -0.3 is 5.32 Å². The first kappa shape index (κ1) is 19.7. The maximum absolute atomic E-state index is 12.6. The zero-order valence-corrected chi connectivity index (χ0v) is 18.2. The number of aromatic nitrogens is 2. The number of carbonyl (C=O) groups is 1. The van der Waals surface area contributed by atoms with Crippen LogP contribution in [0.5, 0.6) is 0 Å². The predicted molar refractivity (Wildman–Crippen MR) is 116 cm³/mol. The van der Waals surface area contributed by atoms with E-state index in [1.54, 1.807) is 16.4 Å². The van der Waals surface area contributed by atoms with Crippen LogP contribution in [0.4, 0.5) is 5.82 Å². The number of aryl methyl sites for hydroxylation is 4. The third-order valence-corrected chi connectivity index (χ3v) is 6.00. The molecule has 0 saturated heterocycles. The van der Waals surface area contributed by atoms with Crippen LogP contribution in [-0.2, 0) is 11.8 Å². The number of carbonyl (C=O) groups excluding carboxylic acids is 1. The van der Waals surface area contributed by atoms with Gasteiger partial charge in [0.1, 0.15) is 5.82 Å². The van der Waals surface area contributed by atoms with E-state index < -0.39 is 0 Å². The van der Waals surface area contributed by atoms with Crippen LogP contribution in [0.25, 0.3) is 11.1 Å². The zero-order chi connectivity index (χ0) is 19.6. The van der Waals surface area contributed by atoms with Crippen LogP contribution < -0.4 is 5.32 Å². The molecule has 2 aromatic carbocycles. The second-order valence-electron chi connectivity index (χ2n) is 6.55. The minimum atomic E-state index is -0.0396. The Morgan fingerprint density at radius 2 is 1.85 bits per heavy atom. The highest BCUT2D eigenvalue weighted by Crippen LogP contribution is 2.32. The van der Waals surface area contributed by atoms with Gasteiger partial charge >= 0.3 is 0 Å². The van der Waals surface area contributed by atoms with Crippen molar-refractivity contribution < 1.29 is 4.79 Å². The van der Waals surface area contributed by atoms with Crippen LogP contribution in [-0.4, -0.2) is 21.4 Å².